The van der Waals surface area contributed by atoms with Gasteiger partial charge in [0.15, 0.2) is 17.5 Å². The van der Waals surface area contributed by atoms with E-state index in [1.54, 1.807) is 34.5 Å². The van der Waals surface area contributed by atoms with Crippen LogP contribution in [-0.4, -0.2) is 43.0 Å². The molecule has 9 heteroatoms. The Morgan fingerprint density at radius 2 is 2.15 bits per heavy atom. The molecule has 0 bridgehead atoms. The molecule has 0 saturated heterocycles. The molecule has 8 nitrogen and oxygen atoms in total. The topological polar surface area (TPSA) is 85.2 Å². The van der Waals surface area contributed by atoms with Crippen molar-refractivity contribution in [1.29, 1.82) is 0 Å². The van der Waals surface area contributed by atoms with Crippen molar-refractivity contribution >= 4 is 23.2 Å². The van der Waals surface area contributed by atoms with E-state index in [-0.39, 0.29) is 0 Å². The number of hydrogen-bond donors (Lipinski definition) is 1. The Bertz CT molecular complexity index is 835. The molecule has 27 heavy (non-hydrogen) atoms. The average Bonchev–Trinajstić information content (AvgIpc) is 3.31. The molecule has 1 amide bonds. The number of hydrazine groups is 1. The SMILES string of the molecule is CCN(Nc1cc(-n2cccn2)nc(-c2cccs2)n1)C(=O)OC(C)(C)C. The highest BCUT2D eigenvalue weighted by Gasteiger charge is 2.22. The minimum Gasteiger partial charge on any atom is -0.442 e. The van der Waals surface area contributed by atoms with Crippen molar-refractivity contribution in [2.45, 2.75) is 33.3 Å². The summed E-state index contributed by atoms with van der Waals surface area (Å²) >= 11 is 1.54. The summed E-state index contributed by atoms with van der Waals surface area (Å²) in [5.41, 5.74) is 2.44. The first-order chi connectivity index (χ1) is 12.9. The van der Waals surface area contributed by atoms with E-state index >= 15 is 0 Å². The normalized spacial score (nSPS) is 11.3. The Labute approximate surface area is 161 Å². The number of rotatable bonds is 5. The van der Waals surface area contributed by atoms with Crippen LogP contribution in [-0.2, 0) is 4.74 Å². The number of carbonyl (C=O) groups excluding carboxylic acids is 1. The van der Waals surface area contributed by atoms with E-state index in [0.717, 1.165) is 4.88 Å². The van der Waals surface area contributed by atoms with Crippen molar-refractivity contribution in [2.24, 2.45) is 0 Å². The highest BCUT2D eigenvalue weighted by molar-refractivity contribution is 7.13. The Morgan fingerprint density at radius 1 is 1.33 bits per heavy atom. The number of nitrogens with one attached hydrogen (secondary N) is 1. The number of ether oxygens (including phenoxy) is 1. The number of thiophene rings is 1. The summed E-state index contributed by atoms with van der Waals surface area (Å²) in [6.07, 6.45) is 3.01. The van der Waals surface area contributed by atoms with Crippen LogP contribution in [0.4, 0.5) is 10.6 Å². The van der Waals surface area contributed by atoms with Crippen LogP contribution in [0.25, 0.3) is 16.5 Å². The minimum absolute atomic E-state index is 0.407. The van der Waals surface area contributed by atoms with Gasteiger partial charge in [0, 0.05) is 25.0 Å². The zero-order chi connectivity index (χ0) is 19.4. The van der Waals surface area contributed by atoms with E-state index in [4.69, 9.17) is 4.74 Å². The molecule has 0 aliphatic rings. The van der Waals surface area contributed by atoms with Gasteiger partial charge >= 0.3 is 6.09 Å². The lowest BCUT2D eigenvalue weighted by Crippen LogP contribution is -2.40. The Morgan fingerprint density at radius 3 is 2.74 bits per heavy atom. The number of nitrogens with zero attached hydrogens (tertiary/aromatic N) is 5. The molecule has 0 aliphatic carbocycles. The average molecular weight is 386 g/mol. The summed E-state index contributed by atoms with van der Waals surface area (Å²) in [4.78, 5) is 22.5. The fraction of sp³-hybridized carbons (Fsp3) is 0.333. The minimum atomic E-state index is -0.583. The molecule has 0 aromatic carbocycles. The molecule has 142 valence electrons. The monoisotopic (exact) mass is 386 g/mol. The number of anilines is 1. The lowest BCUT2D eigenvalue weighted by Gasteiger charge is -2.27. The van der Waals surface area contributed by atoms with E-state index in [0.29, 0.717) is 24.0 Å². The van der Waals surface area contributed by atoms with E-state index in [2.05, 4.69) is 20.5 Å². The summed E-state index contributed by atoms with van der Waals surface area (Å²) in [6.45, 7) is 7.74. The zero-order valence-electron chi connectivity index (χ0n) is 15.7. The van der Waals surface area contributed by atoms with Gasteiger partial charge in [-0.2, -0.15) is 5.10 Å². The molecular formula is C18H22N6O2S. The quantitative estimate of drug-likeness (QED) is 0.668. The first-order valence-corrected chi connectivity index (χ1v) is 9.44. The summed E-state index contributed by atoms with van der Waals surface area (Å²) in [6, 6.07) is 7.44. The Kier molecular flexibility index (Phi) is 5.41. The fourth-order valence-corrected chi connectivity index (χ4v) is 2.90. The predicted octanol–water partition coefficient (Wildman–Crippen LogP) is 3.97. The molecule has 0 fully saturated rings. The number of hydrogen-bond acceptors (Lipinski definition) is 7. The zero-order valence-corrected chi connectivity index (χ0v) is 16.5. The van der Waals surface area contributed by atoms with Gasteiger partial charge < -0.3 is 4.74 Å². The second-order valence-electron chi connectivity index (χ2n) is 6.70. The van der Waals surface area contributed by atoms with Gasteiger partial charge in [-0.25, -0.2) is 24.5 Å². The van der Waals surface area contributed by atoms with Gasteiger partial charge in [0.1, 0.15) is 5.60 Å². The fourth-order valence-electron chi connectivity index (χ4n) is 2.24. The second kappa shape index (κ2) is 7.75. The molecule has 0 unspecified atom stereocenters. The highest BCUT2D eigenvalue weighted by Crippen LogP contribution is 2.24. The van der Waals surface area contributed by atoms with Gasteiger partial charge in [0.25, 0.3) is 0 Å². The smallest absolute Gasteiger partial charge is 0.429 e. The molecule has 3 heterocycles. The third-order valence-corrected chi connectivity index (χ3v) is 4.24. The predicted molar refractivity (Wildman–Crippen MR) is 105 cm³/mol. The van der Waals surface area contributed by atoms with E-state index in [1.807, 2.05) is 51.3 Å². The van der Waals surface area contributed by atoms with Crippen LogP contribution in [0.15, 0.2) is 42.0 Å². The first-order valence-electron chi connectivity index (χ1n) is 8.56. The first kappa shape index (κ1) is 18.8. The number of aromatic nitrogens is 4. The maximum Gasteiger partial charge on any atom is 0.429 e. The van der Waals surface area contributed by atoms with Crippen LogP contribution in [0.2, 0.25) is 0 Å². The number of carbonyl (C=O) groups is 1. The van der Waals surface area contributed by atoms with E-state index < -0.39 is 11.7 Å². The maximum atomic E-state index is 12.4. The van der Waals surface area contributed by atoms with Gasteiger partial charge in [-0.05, 0) is 45.2 Å². The van der Waals surface area contributed by atoms with E-state index in [1.165, 1.54) is 5.01 Å². The summed E-state index contributed by atoms with van der Waals surface area (Å²) in [5.74, 6) is 1.63. The van der Waals surface area contributed by atoms with Crippen molar-refractivity contribution in [2.75, 3.05) is 12.0 Å². The van der Waals surface area contributed by atoms with Crippen LogP contribution < -0.4 is 5.43 Å². The van der Waals surface area contributed by atoms with Crippen molar-refractivity contribution in [3.63, 3.8) is 0 Å². The lowest BCUT2D eigenvalue weighted by molar-refractivity contribution is 0.0305. The van der Waals surface area contributed by atoms with Crippen molar-refractivity contribution < 1.29 is 9.53 Å². The van der Waals surface area contributed by atoms with Crippen LogP contribution in [0, 0.1) is 0 Å². The van der Waals surface area contributed by atoms with Gasteiger partial charge in [-0.1, -0.05) is 6.07 Å². The van der Waals surface area contributed by atoms with Crippen LogP contribution >= 0.6 is 11.3 Å². The van der Waals surface area contributed by atoms with Gasteiger partial charge in [-0.3, -0.25) is 5.43 Å². The molecule has 0 aliphatic heterocycles. The summed E-state index contributed by atoms with van der Waals surface area (Å²) < 4.78 is 7.08. The molecule has 0 radical (unpaired) electrons. The van der Waals surface area contributed by atoms with Gasteiger partial charge in [0.05, 0.1) is 4.88 Å². The maximum absolute atomic E-state index is 12.4. The van der Waals surface area contributed by atoms with Gasteiger partial charge in [0.2, 0.25) is 0 Å². The third kappa shape index (κ3) is 4.82. The van der Waals surface area contributed by atoms with Crippen LogP contribution in [0.5, 0.6) is 0 Å². The van der Waals surface area contributed by atoms with E-state index in [9.17, 15) is 4.79 Å². The van der Waals surface area contributed by atoms with Crippen LogP contribution in [0.1, 0.15) is 27.7 Å². The number of amides is 1. The molecule has 3 rings (SSSR count). The molecule has 0 atom stereocenters. The second-order valence-corrected chi connectivity index (χ2v) is 7.65. The molecule has 3 aromatic heterocycles. The lowest BCUT2D eigenvalue weighted by atomic mass is 10.2. The van der Waals surface area contributed by atoms with Crippen molar-refractivity contribution in [3.05, 3.63) is 42.0 Å². The third-order valence-electron chi connectivity index (χ3n) is 3.37. The molecule has 0 saturated carbocycles. The van der Waals surface area contributed by atoms with Crippen molar-refractivity contribution in [3.8, 4) is 16.5 Å². The van der Waals surface area contributed by atoms with Crippen molar-refractivity contribution in [1.82, 2.24) is 24.8 Å². The van der Waals surface area contributed by atoms with Crippen LogP contribution in [0.3, 0.4) is 0 Å². The molecule has 1 N–H and O–H groups in total. The summed E-state index contributed by atoms with van der Waals surface area (Å²) in [5, 5.41) is 7.57. The molecule has 3 aromatic rings. The Balaban J connectivity index is 1.93. The highest BCUT2D eigenvalue weighted by atomic mass is 32.1. The molecular weight excluding hydrogens is 364 g/mol. The Hall–Kier alpha value is -2.94. The molecule has 0 spiro atoms. The van der Waals surface area contributed by atoms with Gasteiger partial charge in [-0.15, -0.1) is 11.3 Å². The standard InChI is InChI=1S/C18H22N6O2S/c1-5-23(17(25)26-18(2,3)4)22-14-12-15(24-10-7-9-19-24)21-16(20-14)13-8-6-11-27-13/h6-12H,5H2,1-4H3,(H,20,21,22). The largest absolute Gasteiger partial charge is 0.442 e. The summed E-state index contributed by atoms with van der Waals surface area (Å²) in [7, 11) is 0.